The van der Waals surface area contributed by atoms with Crippen LogP contribution in [0.2, 0.25) is 0 Å². The van der Waals surface area contributed by atoms with Crippen molar-refractivity contribution in [2.45, 2.75) is 31.3 Å². The summed E-state index contributed by atoms with van der Waals surface area (Å²) in [5.41, 5.74) is 2.01. The number of fused-ring (bicyclic) bond motifs is 4. The Kier molecular flexibility index (Phi) is 4.17. The van der Waals surface area contributed by atoms with Crippen LogP contribution in [0, 0.1) is 0 Å². The average Bonchev–Trinajstić information content (AvgIpc) is 3.32. The van der Waals surface area contributed by atoms with E-state index < -0.39 is 0 Å². The number of ether oxygens (including phenoxy) is 1. The maximum Gasteiger partial charge on any atom is 0.255 e. The second kappa shape index (κ2) is 6.69. The number of benzene rings is 1. The monoisotopic (exact) mass is 384 g/mol. The van der Waals surface area contributed by atoms with Gasteiger partial charge in [-0.1, -0.05) is 16.6 Å². The molecule has 8 heteroatoms. The molecule has 0 N–H and O–H groups in total. The highest BCUT2D eigenvalue weighted by molar-refractivity contribution is 7.05. The maximum absolute atomic E-state index is 13.5. The predicted molar refractivity (Wildman–Crippen MR) is 98.7 cm³/mol. The van der Waals surface area contributed by atoms with Gasteiger partial charge in [-0.15, -0.1) is 5.10 Å². The summed E-state index contributed by atoms with van der Waals surface area (Å²) in [6.07, 6.45) is 2.67. The molecule has 4 heterocycles. The molecule has 2 saturated heterocycles. The minimum atomic E-state index is -0.0910. The lowest BCUT2D eigenvalue weighted by Gasteiger charge is -2.34. The molecule has 1 aromatic carbocycles. The van der Waals surface area contributed by atoms with Gasteiger partial charge in [0.15, 0.2) is 0 Å². The zero-order valence-corrected chi connectivity index (χ0v) is 15.7. The minimum Gasteiger partial charge on any atom is -0.378 e. The van der Waals surface area contributed by atoms with Crippen LogP contribution < -0.4 is 0 Å². The van der Waals surface area contributed by atoms with Crippen LogP contribution in [0.3, 0.4) is 0 Å². The number of aromatic nitrogens is 2. The Morgan fingerprint density at radius 2 is 1.81 bits per heavy atom. The molecule has 7 nitrogen and oxygen atoms in total. The van der Waals surface area contributed by atoms with Crippen molar-refractivity contribution in [2.75, 3.05) is 26.3 Å². The van der Waals surface area contributed by atoms with E-state index in [0.29, 0.717) is 37.4 Å². The number of carbonyl (C=O) groups excluding carboxylic acids is 2. The topological polar surface area (TPSA) is 75.6 Å². The fourth-order valence-corrected chi connectivity index (χ4v) is 5.22. The molecule has 0 saturated carbocycles. The molecule has 2 amide bonds. The number of hydrogen-bond acceptors (Lipinski definition) is 6. The lowest BCUT2D eigenvalue weighted by Crippen LogP contribution is -2.44. The molecule has 5 rings (SSSR count). The molecule has 2 aromatic rings. The van der Waals surface area contributed by atoms with Gasteiger partial charge in [0.05, 0.1) is 41.0 Å². The van der Waals surface area contributed by atoms with Crippen LogP contribution in [-0.4, -0.2) is 63.5 Å². The van der Waals surface area contributed by atoms with Gasteiger partial charge in [-0.25, -0.2) is 0 Å². The second-order valence-corrected chi connectivity index (χ2v) is 7.98. The fraction of sp³-hybridized carbons (Fsp3) is 0.474. The average molecular weight is 384 g/mol. The summed E-state index contributed by atoms with van der Waals surface area (Å²) >= 11 is 1.39. The van der Waals surface area contributed by atoms with Gasteiger partial charge >= 0.3 is 0 Å². The number of carbonyl (C=O) groups is 2. The SMILES string of the molecule is O=C(c1ccccc1C(=O)N1[C@H]2CC[C@H]1c1snnc1C2)N1CCOCC1. The highest BCUT2D eigenvalue weighted by Gasteiger charge is 2.45. The summed E-state index contributed by atoms with van der Waals surface area (Å²) in [4.78, 5) is 31.4. The van der Waals surface area contributed by atoms with Gasteiger partial charge in [-0.2, -0.15) is 0 Å². The Labute approximate surface area is 161 Å². The minimum absolute atomic E-state index is 0.0396. The molecule has 0 radical (unpaired) electrons. The van der Waals surface area contributed by atoms with E-state index in [2.05, 4.69) is 9.59 Å². The molecule has 0 unspecified atom stereocenters. The van der Waals surface area contributed by atoms with E-state index in [4.69, 9.17) is 4.74 Å². The standard InChI is InChI=1S/C19H20N4O3S/c24-18(22-7-9-26-10-8-22)13-3-1-2-4-14(13)19(25)23-12-5-6-16(23)17-15(11-12)20-21-27-17/h1-4,12,16H,5-11H2/t12-,16-/m0/s1. The number of amides is 2. The fourth-order valence-electron chi connectivity index (χ4n) is 4.41. The summed E-state index contributed by atoms with van der Waals surface area (Å²) in [5, 5.41) is 4.23. The first-order valence-corrected chi connectivity index (χ1v) is 10.1. The van der Waals surface area contributed by atoms with Gasteiger partial charge in [0.25, 0.3) is 11.8 Å². The van der Waals surface area contributed by atoms with E-state index in [0.717, 1.165) is 29.8 Å². The van der Waals surface area contributed by atoms with E-state index in [1.165, 1.54) is 11.5 Å². The van der Waals surface area contributed by atoms with E-state index in [9.17, 15) is 9.59 Å². The first kappa shape index (κ1) is 16.8. The van der Waals surface area contributed by atoms with Crippen LogP contribution in [-0.2, 0) is 11.2 Å². The molecular formula is C19H20N4O3S. The van der Waals surface area contributed by atoms with Gasteiger partial charge in [-0.3, -0.25) is 9.59 Å². The van der Waals surface area contributed by atoms with Crippen molar-refractivity contribution in [1.82, 2.24) is 19.4 Å². The molecule has 3 aliphatic heterocycles. The Morgan fingerprint density at radius 3 is 2.59 bits per heavy atom. The molecule has 27 heavy (non-hydrogen) atoms. The van der Waals surface area contributed by atoms with E-state index in [1.54, 1.807) is 17.0 Å². The molecule has 0 spiro atoms. The van der Waals surface area contributed by atoms with Crippen LogP contribution in [0.1, 0.15) is 50.2 Å². The van der Waals surface area contributed by atoms with Crippen molar-refractivity contribution < 1.29 is 14.3 Å². The molecule has 2 atom stereocenters. The lowest BCUT2D eigenvalue weighted by atomic mass is 10.00. The quantitative estimate of drug-likeness (QED) is 0.791. The molecule has 140 valence electrons. The van der Waals surface area contributed by atoms with E-state index in [-0.39, 0.29) is 23.9 Å². The number of morpholine rings is 1. The Hall–Kier alpha value is -2.32. The summed E-state index contributed by atoms with van der Waals surface area (Å²) in [6.45, 7) is 2.21. The summed E-state index contributed by atoms with van der Waals surface area (Å²) < 4.78 is 9.42. The van der Waals surface area contributed by atoms with Crippen LogP contribution in [0.5, 0.6) is 0 Å². The first-order chi connectivity index (χ1) is 13.2. The number of rotatable bonds is 2. The molecular weight excluding hydrogens is 364 g/mol. The van der Waals surface area contributed by atoms with Crippen LogP contribution in [0.25, 0.3) is 0 Å². The van der Waals surface area contributed by atoms with Crippen molar-refractivity contribution in [2.24, 2.45) is 0 Å². The van der Waals surface area contributed by atoms with Gasteiger partial charge in [0.2, 0.25) is 0 Å². The summed E-state index contributed by atoms with van der Waals surface area (Å²) in [5.74, 6) is -0.148. The van der Waals surface area contributed by atoms with E-state index >= 15 is 0 Å². The zero-order chi connectivity index (χ0) is 18.4. The smallest absolute Gasteiger partial charge is 0.255 e. The maximum atomic E-state index is 13.5. The van der Waals surface area contributed by atoms with Gasteiger partial charge < -0.3 is 14.5 Å². The zero-order valence-electron chi connectivity index (χ0n) is 14.8. The van der Waals surface area contributed by atoms with Gasteiger partial charge in [0.1, 0.15) is 0 Å². The summed E-state index contributed by atoms with van der Waals surface area (Å²) in [6, 6.07) is 7.37. The van der Waals surface area contributed by atoms with Gasteiger partial charge in [0, 0.05) is 25.6 Å². The van der Waals surface area contributed by atoms with Crippen molar-refractivity contribution in [3.8, 4) is 0 Å². The van der Waals surface area contributed by atoms with Gasteiger partial charge in [-0.05, 0) is 36.5 Å². The van der Waals surface area contributed by atoms with E-state index in [1.807, 2.05) is 17.0 Å². The van der Waals surface area contributed by atoms with Crippen LogP contribution >= 0.6 is 11.5 Å². The van der Waals surface area contributed by atoms with Crippen molar-refractivity contribution in [1.29, 1.82) is 0 Å². The molecule has 1 aromatic heterocycles. The number of hydrogen-bond donors (Lipinski definition) is 0. The molecule has 2 fully saturated rings. The lowest BCUT2D eigenvalue weighted by molar-refractivity contribution is 0.0300. The van der Waals surface area contributed by atoms with Crippen LogP contribution in [0.15, 0.2) is 24.3 Å². The molecule has 0 aliphatic carbocycles. The Bertz CT molecular complexity index is 893. The largest absolute Gasteiger partial charge is 0.378 e. The third-order valence-corrected chi connectivity index (χ3v) is 6.61. The highest BCUT2D eigenvalue weighted by Crippen LogP contribution is 2.45. The van der Waals surface area contributed by atoms with Crippen molar-refractivity contribution in [3.05, 3.63) is 46.0 Å². The third-order valence-electron chi connectivity index (χ3n) is 5.74. The first-order valence-electron chi connectivity index (χ1n) is 9.34. The second-order valence-electron chi connectivity index (χ2n) is 7.20. The predicted octanol–water partition coefficient (Wildman–Crippen LogP) is 1.91. The highest BCUT2D eigenvalue weighted by atomic mass is 32.1. The number of nitrogens with zero attached hydrogens (tertiary/aromatic N) is 4. The Morgan fingerprint density at radius 1 is 1.07 bits per heavy atom. The molecule has 3 aliphatic rings. The van der Waals surface area contributed by atoms with Crippen molar-refractivity contribution >= 4 is 23.3 Å². The van der Waals surface area contributed by atoms with Crippen LogP contribution in [0.4, 0.5) is 0 Å². The van der Waals surface area contributed by atoms with Crippen molar-refractivity contribution in [3.63, 3.8) is 0 Å². The Balaban J connectivity index is 1.47. The molecule has 2 bridgehead atoms. The normalized spacial score (nSPS) is 24.0. The third kappa shape index (κ3) is 2.74. The summed E-state index contributed by atoms with van der Waals surface area (Å²) in [7, 11) is 0.